The maximum absolute atomic E-state index is 13.1. The van der Waals surface area contributed by atoms with Gasteiger partial charge >= 0.3 is 6.18 Å². The lowest BCUT2D eigenvalue weighted by Crippen LogP contribution is -2.19. The number of benzene rings is 1. The SMILES string of the molecule is CC(C)(C)c1noc(CSc2ncc(-c3ccccc3)n2CC(F)(F)F)n1. The quantitative estimate of drug-likeness (QED) is 0.563. The van der Waals surface area contributed by atoms with Crippen LogP contribution in [0.1, 0.15) is 32.5 Å². The van der Waals surface area contributed by atoms with Crippen molar-refractivity contribution in [2.45, 2.75) is 49.8 Å². The maximum atomic E-state index is 13.1. The summed E-state index contributed by atoms with van der Waals surface area (Å²) in [6.45, 7) is 4.75. The molecule has 5 nitrogen and oxygen atoms in total. The smallest absolute Gasteiger partial charge is 0.338 e. The summed E-state index contributed by atoms with van der Waals surface area (Å²) < 4.78 is 45.7. The van der Waals surface area contributed by atoms with Crippen molar-refractivity contribution >= 4 is 11.8 Å². The Morgan fingerprint density at radius 1 is 1.11 bits per heavy atom. The summed E-state index contributed by atoms with van der Waals surface area (Å²) in [5.74, 6) is 1.15. The molecule has 0 bridgehead atoms. The van der Waals surface area contributed by atoms with Crippen LogP contribution in [0.2, 0.25) is 0 Å². The van der Waals surface area contributed by atoms with E-state index in [1.165, 1.54) is 10.8 Å². The normalized spacial score (nSPS) is 12.5. The highest BCUT2D eigenvalue weighted by Crippen LogP contribution is 2.31. The van der Waals surface area contributed by atoms with Gasteiger partial charge in [0.1, 0.15) is 6.54 Å². The Bertz CT molecular complexity index is 897. The molecule has 0 amide bonds. The molecule has 3 aromatic rings. The minimum Gasteiger partial charge on any atom is -0.338 e. The van der Waals surface area contributed by atoms with Gasteiger partial charge in [-0.15, -0.1) is 0 Å². The molecule has 0 radical (unpaired) electrons. The number of thioether (sulfide) groups is 1. The van der Waals surface area contributed by atoms with Crippen LogP contribution in [0.15, 0.2) is 46.2 Å². The minimum atomic E-state index is -4.36. The fraction of sp³-hybridized carbons (Fsp3) is 0.389. The fourth-order valence-corrected chi connectivity index (χ4v) is 3.21. The largest absolute Gasteiger partial charge is 0.406 e. The highest BCUT2D eigenvalue weighted by atomic mass is 32.2. The molecule has 0 atom stereocenters. The van der Waals surface area contributed by atoms with Crippen LogP contribution in [0.5, 0.6) is 0 Å². The lowest BCUT2D eigenvalue weighted by molar-refractivity contribution is -0.141. The predicted molar refractivity (Wildman–Crippen MR) is 96.3 cm³/mol. The van der Waals surface area contributed by atoms with Crippen LogP contribution in [0.4, 0.5) is 13.2 Å². The number of hydrogen-bond acceptors (Lipinski definition) is 5. The first kappa shape index (κ1) is 19.5. The van der Waals surface area contributed by atoms with Gasteiger partial charge in [0.2, 0.25) is 5.89 Å². The Balaban J connectivity index is 1.84. The third-order valence-electron chi connectivity index (χ3n) is 3.69. The molecule has 0 spiro atoms. The molecular formula is C18H19F3N4OS. The van der Waals surface area contributed by atoms with Gasteiger partial charge in [-0.2, -0.15) is 18.2 Å². The van der Waals surface area contributed by atoms with Crippen LogP contribution in [0, 0.1) is 0 Å². The first-order chi connectivity index (χ1) is 12.6. The van der Waals surface area contributed by atoms with Crippen LogP contribution in [-0.4, -0.2) is 25.9 Å². The number of rotatable bonds is 5. The van der Waals surface area contributed by atoms with E-state index in [4.69, 9.17) is 4.52 Å². The molecule has 0 fully saturated rings. The van der Waals surface area contributed by atoms with Crippen molar-refractivity contribution in [3.05, 3.63) is 48.2 Å². The van der Waals surface area contributed by atoms with Crippen molar-refractivity contribution in [1.82, 2.24) is 19.7 Å². The van der Waals surface area contributed by atoms with E-state index in [1.54, 1.807) is 24.3 Å². The van der Waals surface area contributed by atoms with Crippen molar-refractivity contribution in [1.29, 1.82) is 0 Å². The molecule has 0 aliphatic carbocycles. The Labute approximate surface area is 159 Å². The second-order valence-electron chi connectivity index (χ2n) is 7.04. The summed E-state index contributed by atoms with van der Waals surface area (Å²) in [6.07, 6.45) is -2.90. The molecule has 0 aliphatic heterocycles. The van der Waals surface area contributed by atoms with E-state index < -0.39 is 12.7 Å². The molecule has 0 unspecified atom stereocenters. The summed E-state index contributed by atoms with van der Waals surface area (Å²) in [4.78, 5) is 8.49. The van der Waals surface area contributed by atoms with Gasteiger partial charge in [-0.1, -0.05) is 68.0 Å². The zero-order valence-electron chi connectivity index (χ0n) is 15.1. The molecule has 1 aromatic carbocycles. The van der Waals surface area contributed by atoms with E-state index in [0.29, 0.717) is 23.0 Å². The molecule has 3 rings (SSSR count). The van der Waals surface area contributed by atoms with Crippen LogP contribution in [0.3, 0.4) is 0 Å². The molecule has 0 saturated carbocycles. The maximum Gasteiger partial charge on any atom is 0.406 e. The van der Waals surface area contributed by atoms with Crippen molar-refractivity contribution < 1.29 is 17.7 Å². The number of alkyl halides is 3. The van der Waals surface area contributed by atoms with Crippen molar-refractivity contribution in [2.75, 3.05) is 0 Å². The Hall–Kier alpha value is -2.29. The molecule has 0 saturated heterocycles. The average molecular weight is 396 g/mol. The van der Waals surface area contributed by atoms with E-state index in [9.17, 15) is 13.2 Å². The summed E-state index contributed by atoms with van der Waals surface area (Å²) in [5, 5.41) is 4.18. The van der Waals surface area contributed by atoms with Gasteiger partial charge < -0.3 is 9.09 Å². The van der Waals surface area contributed by atoms with E-state index in [1.807, 2.05) is 26.8 Å². The van der Waals surface area contributed by atoms with Crippen LogP contribution in [0.25, 0.3) is 11.3 Å². The van der Waals surface area contributed by atoms with Crippen molar-refractivity contribution in [3.8, 4) is 11.3 Å². The molecular weight excluding hydrogens is 377 g/mol. The molecule has 144 valence electrons. The fourth-order valence-electron chi connectivity index (χ4n) is 2.39. The second-order valence-corrected chi connectivity index (χ2v) is 7.99. The number of nitrogens with zero attached hydrogens (tertiary/aromatic N) is 4. The van der Waals surface area contributed by atoms with Gasteiger partial charge in [-0.05, 0) is 5.56 Å². The standard InChI is InChI=1S/C18H19F3N4OS/c1-17(2,3)15-23-14(26-24-15)10-27-16-22-9-13(12-7-5-4-6-8-12)25(16)11-18(19,20)21/h4-9H,10-11H2,1-3H3. The minimum absolute atomic E-state index is 0.242. The zero-order valence-corrected chi connectivity index (χ0v) is 15.9. The summed E-state index contributed by atoms with van der Waals surface area (Å²) in [6, 6.07) is 8.88. The second kappa shape index (κ2) is 7.38. The van der Waals surface area contributed by atoms with Crippen LogP contribution < -0.4 is 0 Å². The van der Waals surface area contributed by atoms with E-state index in [2.05, 4.69) is 15.1 Å². The molecule has 27 heavy (non-hydrogen) atoms. The first-order valence-electron chi connectivity index (χ1n) is 8.27. The lowest BCUT2D eigenvalue weighted by atomic mass is 9.96. The van der Waals surface area contributed by atoms with Crippen molar-refractivity contribution in [2.24, 2.45) is 0 Å². The van der Waals surface area contributed by atoms with Crippen LogP contribution in [-0.2, 0) is 17.7 Å². The van der Waals surface area contributed by atoms with Gasteiger partial charge in [0, 0.05) is 5.41 Å². The van der Waals surface area contributed by atoms with Crippen LogP contribution >= 0.6 is 11.8 Å². The molecule has 9 heteroatoms. The number of aromatic nitrogens is 4. The van der Waals surface area contributed by atoms with Gasteiger partial charge in [0.05, 0.1) is 17.6 Å². The van der Waals surface area contributed by atoms with E-state index in [-0.39, 0.29) is 16.3 Å². The summed E-state index contributed by atoms with van der Waals surface area (Å²) in [5.41, 5.74) is 0.826. The lowest BCUT2D eigenvalue weighted by Gasteiger charge is -2.13. The van der Waals surface area contributed by atoms with Gasteiger partial charge in [-0.25, -0.2) is 4.98 Å². The van der Waals surface area contributed by atoms with Gasteiger partial charge in [0.15, 0.2) is 11.0 Å². The van der Waals surface area contributed by atoms with Crippen molar-refractivity contribution in [3.63, 3.8) is 0 Å². The monoisotopic (exact) mass is 396 g/mol. The number of imidazole rings is 1. The Morgan fingerprint density at radius 3 is 2.41 bits per heavy atom. The number of hydrogen-bond donors (Lipinski definition) is 0. The topological polar surface area (TPSA) is 56.7 Å². The third kappa shape index (κ3) is 4.91. The zero-order chi connectivity index (χ0) is 19.7. The average Bonchev–Trinajstić information content (AvgIpc) is 3.19. The van der Waals surface area contributed by atoms with Gasteiger partial charge in [-0.3, -0.25) is 0 Å². The molecule has 2 heterocycles. The summed E-state index contributed by atoms with van der Waals surface area (Å²) in [7, 11) is 0. The molecule has 0 aliphatic rings. The first-order valence-corrected chi connectivity index (χ1v) is 9.25. The van der Waals surface area contributed by atoms with E-state index in [0.717, 1.165) is 11.8 Å². The molecule has 2 aromatic heterocycles. The summed E-state index contributed by atoms with van der Waals surface area (Å²) >= 11 is 1.14. The molecule has 0 N–H and O–H groups in total. The van der Waals surface area contributed by atoms with E-state index >= 15 is 0 Å². The number of halogens is 3. The third-order valence-corrected chi connectivity index (χ3v) is 4.66. The Morgan fingerprint density at radius 2 is 1.81 bits per heavy atom. The predicted octanol–water partition coefficient (Wildman–Crippen LogP) is 5.09. The highest BCUT2D eigenvalue weighted by Gasteiger charge is 2.31. The van der Waals surface area contributed by atoms with Gasteiger partial charge in [0.25, 0.3) is 0 Å². The highest BCUT2D eigenvalue weighted by molar-refractivity contribution is 7.98. The Kier molecular flexibility index (Phi) is 5.32.